The smallest absolute Gasteiger partial charge is 0.320 e. The molecule has 0 radical (unpaired) electrons. The summed E-state index contributed by atoms with van der Waals surface area (Å²) >= 11 is 0. The van der Waals surface area contributed by atoms with E-state index in [0.29, 0.717) is 0 Å². The van der Waals surface area contributed by atoms with Crippen LogP contribution < -0.4 is 5.32 Å². The molecule has 1 aliphatic carbocycles. The Morgan fingerprint density at radius 3 is 2.43 bits per heavy atom. The molecule has 1 atom stereocenters. The Bertz CT molecular complexity index is 197. The van der Waals surface area contributed by atoms with Gasteiger partial charge in [-0.25, -0.2) is 0 Å². The maximum atomic E-state index is 10.8. The van der Waals surface area contributed by atoms with Crippen LogP contribution in [0.5, 0.6) is 0 Å². The van der Waals surface area contributed by atoms with Crippen LogP contribution in [0.4, 0.5) is 0 Å². The lowest BCUT2D eigenvalue weighted by molar-refractivity contribution is -0.139. The highest BCUT2D eigenvalue weighted by atomic mass is 16.4. The van der Waals surface area contributed by atoms with Crippen LogP contribution in [0, 0.1) is 0 Å². The maximum Gasteiger partial charge on any atom is 0.320 e. The summed E-state index contributed by atoms with van der Waals surface area (Å²) < 4.78 is 0. The minimum absolute atomic E-state index is 0.0933. The highest BCUT2D eigenvalue weighted by Crippen LogP contribution is 2.31. The van der Waals surface area contributed by atoms with E-state index in [1.54, 1.807) is 6.92 Å². The van der Waals surface area contributed by atoms with Crippen molar-refractivity contribution in [1.29, 1.82) is 0 Å². The van der Waals surface area contributed by atoms with E-state index >= 15 is 0 Å². The summed E-state index contributed by atoms with van der Waals surface area (Å²) in [4.78, 5) is 10.8. The third-order valence-electron chi connectivity index (χ3n) is 3.38. The van der Waals surface area contributed by atoms with E-state index < -0.39 is 12.0 Å². The lowest BCUT2D eigenvalue weighted by Crippen LogP contribution is -2.52. The molecule has 14 heavy (non-hydrogen) atoms. The van der Waals surface area contributed by atoms with Crippen LogP contribution in [0.15, 0.2) is 0 Å². The van der Waals surface area contributed by atoms with Crippen molar-refractivity contribution >= 4 is 5.97 Å². The summed E-state index contributed by atoms with van der Waals surface area (Å²) in [6, 6.07) is -0.423. The molecule has 0 aliphatic heterocycles. The lowest BCUT2D eigenvalue weighted by atomic mass is 9.79. The van der Waals surface area contributed by atoms with Gasteiger partial charge in [-0.05, 0) is 26.2 Å². The fourth-order valence-corrected chi connectivity index (χ4v) is 2.35. The van der Waals surface area contributed by atoms with Crippen molar-refractivity contribution < 1.29 is 9.90 Å². The number of rotatable bonds is 4. The molecule has 0 bridgehead atoms. The average Bonchev–Trinajstić information content (AvgIpc) is 2.19. The van der Waals surface area contributed by atoms with Crippen molar-refractivity contribution in [2.45, 2.75) is 64.0 Å². The summed E-state index contributed by atoms with van der Waals surface area (Å²) in [5, 5.41) is 12.1. The topological polar surface area (TPSA) is 49.3 Å². The Morgan fingerprint density at radius 1 is 1.43 bits per heavy atom. The van der Waals surface area contributed by atoms with Crippen LogP contribution in [0.1, 0.15) is 52.4 Å². The summed E-state index contributed by atoms with van der Waals surface area (Å²) in [6.07, 6.45) is 7.04. The van der Waals surface area contributed by atoms with Crippen LogP contribution >= 0.6 is 0 Å². The molecule has 2 N–H and O–H groups in total. The Morgan fingerprint density at radius 2 is 2.00 bits per heavy atom. The molecule has 0 aromatic carbocycles. The van der Waals surface area contributed by atoms with Crippen molar-refractivity contribution in [1.82, 2.24) is 5.32 Å². The van der Waals surface area contributed by atoms with Gasteiger partial charge in [0, 0.05) is 5.54 Å². The Balaban J connectivity index is 2.55. The molecule has 3 nitrogen and oxygen atoms in total. The average molecular weight is 199 g/mol. The molecule has 0 spiro atoms. The maximum absolute atomic E-state index is 10.8. The number of nitrogens with one attached hydrogen (secondary N) is 1. The second-order valence-electron chi connectivity index (χ2n) is 4.40. The Hall–Kier alpha value is -0.570. The minimum Gasteiger partial charge on any atom is -0.480 e. The third-order valence-corrected chi connectivity index (χ3v) is 3.38. The summed E-state index contributed by atoms with van der Waals surface area (Å²) in [5.74, 6) is -0.747. The van der Waals surface area contributed by atoms with Crippen LogP contribution in [0.25, 0.3) is 0 Å². The fraction of sp³-hybridized carbons (Fsp3) is 0.909. The van der Waals surface area contributed by atoms with Gasteiger partial charge in [-0.2, -0.15) is 0 Å². The summed E-state index contributed by atoms with van der Waals surface area (Å²) in [5.41, 5.74) is 0.0933. The van der Waals surface area contributed by atoms with Gasteiger partial charge >= 0.3 is 5.97 Å². The zero-order chi connectivity index (χ0) is 10.6. The number of hydrogen-bond acceptors (Lipinski definition) is 2. The predicted molar refractivity (Wildman–Crippen MR) is 56.3 cm³/mol. The van der Waals surface area contributed by atoms with Crippen molar-refractivity contribution in [3.63, 3.8) is 0 Å². The van der Waals surface area contributed by atoms with E-state index in [2.05, 4.69) is 12.2 Å². The molecule has 0 aromatic heterocycles. The van der Waals surface area contributed by atoms with Gasteiger partial charge in [-0.15, -0.1) is 0 Å². The van der Waals surface area contributed by atoms with Crippen molar-refractivity contribution in [3.05, 3.63) is 0 Å². The van der Waals surface area contributed by atoms with Gasteiger partial charge < -0.3 is 5.11 Å². The molecule has 0 amide bonds. The zero-order valence-corrected chi connectivity index (χ0v) is 9.18. The number of carboxylic acid groups (broad SMARTS) is 1. The minimum atomic E-state index is -0.747. The van der Waals surface area contributed by atoms with Gasteiger partial charge in [0.2, 0.25) is 0 Å². The van der Waals surface area contributed by atoms with Gasteiger partial charge in [-0.1, -0.05) is 26.2 Å². The molecule has 0 heterocycles. The normalized spacial score (nSPS) is 23.0. The first-order valence-corrected chi connectivity index (χ1v) is 5.60. The molecular weight excluding hydrogens is 178 g/mol. The van der Waals surface area contributed by atoms with E-state index in [-0.39, 0.29) is 5.54 Å². The van der Waals surface area contributed by atoms with Gasteiger partial charge in [0.1, 0.15) is 6.04 Å². The van der Waals surface area contributed by atoms with E-state index in [1.165, 1.54) is 19.3 Å². The first kappa shape index (κ1) is 11.5. The molecule has 82 valence electrons. The van der Waals surface area contributed by atoms with Gasteiger partial charge in [0.15, 0.2) is 0 Å². The number of carboxylic acids is 1. The van der Waals surface area contributed by atoms with E-state index in [0.717, 1.165) is 19.3 Å². The SMILES string of the molecule is CCC1(NC(C)C(=O)O)CCCCC1. The number of aliphatic carboxylic acids is 1. The molecule has 1 saturated carbocycles. The number of hydrogen-bond donors (Lipinski definition) is 2. The quantitative estimate of drug-likeness (QED) is 0.729. The zero-order valence-electron chi connectivity index (χ0n) is 9.18. The largest absolute Gasteiger partial charge is 0.480 e. The van der Waals surface area contributed by atoms with Crippen LogP contribution in [-0.2, 0) is 4.79 Å². The van der Waals surface area contributed by atoms with Crippen LogP contribution in [-0.4, -0.2) is 22.7 Å². The molecule has 0 saturated heterocycles. The first-order valence-electron chi connectivity index (χ1n) is 5.60. The molecular formula is C11H21NO2. The second-order valence-corrected chi connectivity index (χ2v) is 4.40. The van der Waals surface area contributed by atoms with Crippen LogP contribution in [0.3, 0.4) is 0 Å². The summed E-state index contributed by atoms with van der Waals surface area (Å²) in [6.45, 7) is 3.88. The highest BCUT2D eigenvalue weighted by Gasteiger charge is 2.32. The summed E-state index contributed by atoms with van der Waals surface area (Å²) in [7, 11) is 0. The molecule has 1 fully saturated rings. The van der Waals surface area contributed by atoms with Crippen molar-refractivity contribution in [3.8, 4) is 0 Å². The Labute approximate surface area is 85.9 Å². The standard InChI is InChI=1S/C11H21NO2/c1-3-11(7-5-4-6-8-11)12-9(2)10(13)14/h9,12H,3-8H2,1-2H3,(H,13,14). The predicted octanol–water partition coefficient (Wildman–Crippen LogP) is 2.16. The number of carbonyl (C=O) groups is 1. The molecule has 1 unspecified atom stereocenters. The van der Waals surface area contributed by atoms with Gasteiger partial charge in [0.25, 0.3) is 0 Å². The molecule has 0 aromatic rings. The van der Waals surface area contributed by atoms with E-state index in [1.807, 2.05) is 0 Å². The van der Waals surface area contributed by atoms with E-state index in [9.17, 15) is 4.79 Å². The fourth-order valence-electron chi connectivity index (χ4n) is 2.35. The van der Waals surface area contributed by atoms with Crippen LogP contribution in [0.2, 0.25) is 0 Å². The second kappa shape index (κ2) is 4.78. The highest BCUT2D eigenvalue weighted by molar-refractivity contribution is 5.72. The Kier molecular flexibility index (Phi) is 3.93. The van der Waals surface area contributed by atoms with Gasteiger partial charge in [0.05, 0.1) is 0 Å². The first-order chi connectivity index (χ1) is 6.59. The molecule has 1 aliphatic rings. The van der Waals surface area contributed by atoms with Gasteiger partial charge in [-0.3, -0.25) is 10.1 Å². The van der Waals surface area contributed by atoms with Crippen molar-refractivity contribution in [2.75, 3.05) is 0 Å². The monoisotopic (exact) mass is 199 g/mol. The van der Waals surface area contributed by atoms with Crippen molar-refractivity contribution in [2.24, 2.45) is 0 Å². The lowest BCUT2D eigenvalue weighted by Gasteiger charge is -2.39. The van der Waals surface area contributed by atoms with E-state index in [4.69, 9.17) is 5.11 Å². The third kappa shape index (κ3) is 2.71. The molecule has 3 heteroatoms. The molecule has 1 rings (SSSR count).